The molecule has 2 rings (SSSR count). The number of hydrogen-bond donors (Lipinski definition) is 2. The number of halogens is 1. The summed E-state index contributed by atoms with van der Waals surface area (Å²) >= 11 is 3.40. The minimum atomic E-state index is -0.331. The van der Waals surface area contributed by atoms with Gasteiger partial charge >= 0.3 is 0 Å². The van der Waals surface area contributed by atoms with Crippen LogP contribution in [0.5, 0.6) is 0 Å². The first kappa shape index (κ1) is 14.5. The van der Waals surface area contributed by atoms with Crippen LogP contribution in [0.4, 0.5) is 11.4 Å². The number of nitrogens with zero attached hydrogens (tertiary/aromatic N) is 3. The Morgan fingerprint density at radius 3 is 2.80 bits per heavy atom. The monoisotopic (exact) mass is 337 g/mol. The summed E-state index contributed by atoms with van der Waals surface area (Å²) in [6, 6.07) is 5.70. The fraction of sp³-hybridized carbons (Fsp3) is 0.308. The van der Waals surface area contributed by atoms with Crippen LogP contribution in [0.1, 0.15) is 23.4 Å². The summed E-state index contributed by atoms with van der Waals surface area (Å²) in [5.41, 5.74) is 1.62. The average molecular weight is 338 g/mol. The van der Waals surface area contributed by atoms with Gasteiger partial charge in [-0.25, -0.2) is 4.98 Å². The number of rotatable bonds is 4. The maximum Gasteiger partial charge on any atom is 0.295 e. The van der Waals surface area contributed by atoms with E-state index in [1.807, 2.05) is 44.1 Å². The third kappa shape index (κ3) is 3.16. The Morgan fingerprint density at radius 2 is 2.20 bits per heavy atom. The van der Waals surface area contributed by atoms with E-state index in [4.69, 9.17) is 0 Å². The molecule has 1 amide bonds. The molecule has 0 bridgehead atoms. The van der Waals surface area contributed by atoms with Gasteiger partial charge in [-0.1, -0.05) is 22.9 Å². The van der Waals surface area contributed by atoms with Crippen LogP contribution in [0.25, 0.3) is 0 Å². The molecule has 0 saturated heterocycles. The highest BCUT2D eigenvalue weighted by Crippen LogP contribution is 2.28. The number of benzene rings is 1. The molecule has 2 aromatic rings. The molecular weight excluding hydrogens is 322 g/mol. The predicted octanol–water partition coefficient (Wildman–Crippen LogP) is 2.45. The first-order valence-electron chi connectivity index (χ1n) is 6.20. The van der Waals surface area contributed by atoms with Crippen molar-refractivity contribution in [1.82, 2.24) is 15.2 Å². The number of anilines is 2. The molecule has 0 aliphatic rings. The zero-order valence-electron chi connectivity index (χ0n) is 11.6. The second-order valence-electron chi connectivity index (χ2n) is 4.47. The second-order valence-corrected chi connectivity index (χ2v) is 5.38. The Kier molecular flexibility index (Phi) is 4.39. The minimum absolute atomic E-state index is 0.145. The highest BCUT2D eigenvalue weighted by Gasteiger charge is 2.15. The van der Waals surface area contributed by atoms with E-state index >= 15 is 0 Å². The summed E-state index contributed by atoms with van der Waals surface area (Å²) in [7, 11) is 3.84. The SMILES string of the molecule is CCc1nc(C(=O)Nc2cc(Br)ccc2N(C)C)n[nH]1. The Morgan fingerprint density at radius 1 is 1.45 bits per heavy atom. The molecule has 1 heterocycles. The van der Waals surface area contributed by atoms with Crippen LogP contribution >= 0.6 is 15.9 Å². The zero-order chi connectivity index (χ0) is 14.7. The predicted molar refractivity (Wildman–Crippen MR) is 82.2 cm³/mol. The molecule has 0 aliphatic heterocycles. The van der Waals surface area contributed by atoms with E-state index in [9.17, 15) is 4.79 Å². The molecule has 0 spiro atoms. The number of carbonyl (C=O) groups is 1. The molecule has 2 N–H and O–H groups in total. The Hall–Kier alpha value is -1.89. The smallest absolute Gasteiger partial charge is 0.295 e. The normalized spacial score (nSPS) is 10.4. The number of amides is 1. The molecule has 0 unspecified atom stereocenters. The molecule has 6 nitrogen and oxygen atoms in total. The van der Waals surface area contributed by atoms with Gasteiger partial charge in [-0.15, -0.1) is 5.10 Å². The van der Waals surface area contributed by atoms with E-state index in [0.717, 1.165) is 10.2 Å². The van der Waals surface area contributed by atoms with E-state index in [0.29, 0.717) is 17.9 Å². The summed E-state index contributed by atoms with van der Waals surface area (Å²) in [4.78, 5) is 18.2. The molecule has 0 saturated carbocycles. The third-order valence-electron chi connectivity index (χ3n) is 2.76. The number of nitrogens with one attached hydrogen (secondary N) is 2. The van der Waals surface area contributed by atoms with Crippen molar-refractivity contribution in [3.8, 4) is 0 Å². The van der Waals surface area contributed by atoms with E-state index in [2.05, 4.69) is 36.4 Å². The average Bonchev–Trinajstić information content (AvgIpc) is 2.87. The summed E-state index contributed by atoms with van der Waals surface area (Å²) < 4.78 is 0.891. The second kappa shape index (κ2) is 6.04. The van der Waals surface area contributed by atoms with E-state index in [1.54, 1.807) is 0 Å². The third-order valence-corrected chi connectivity index (χ3v) is 3.25. The van der Waals surface area contributed by atoms with Gasteiger partial charge in [0.25, 0.3) is 5.91 Å². The van der Waals surface area contributed by atoms with Crippen molar-refractivity contribution in [1.29, 1.82) is 0 Å². The molecule has 0 aliphatic carbocycles. The Labute approximate surface area is 125 Å². The van der Waals surface area contributed by atoms with Crippen molar-refractivity contribution in [2.24, 2.45) is 0 Å². The fourth-order valence-electron chi connectivity index (χ4n) is 1.73. The molecule has 20 heavy (non-hydrogen) atoms. The van der Waals surface area contributed by atoms with Crippen molar-refractivity contribution < 1.29 is 4.79 Å². The van der Waals surface area contributed by atoms with Gasteiger partial charge in [-0.05, 0) is 18.2 Å². The maximum atomic E-state index is 12.1. The lowest BCUT2D eigenvalue weighted by molar-refractivity contribution is 0.101. The van der Waals surface area contributed by atoms with Gasteiger partial charge in [0.05, 0.1) is 11.4 Å². The number of hydrogen-bond acceptors (Lipinski definition) is 4. The number of aromatic amines is 1. The Balaban J connectivity index is 2.24. The number of H-pyrrole nitrogens is 1. The van der Waals surface area contributed by atoms with Crippen molar-refractivity contribution >= 4 is 33.2 Å². The largest absolute Gasteiger partial charge is 0.376 e. The van der Waals surface area contributed by atoms with Gasteiger partial charge in [0.1, 0.15) is 5.82 Å². The molecule has 1 aromatic carbocycles. The topological polar surface area (TPSA) is 73.9 Å². The van der Waals surface area contributed by atoms with Crippen LogP contribution in [0, 0.1) is 0 Å². The lowest BCUT2D eigenvalue weighted by Crippen LogP contribution is -2.17. The van der Waals surface area contributed by atoms with Crippen LogP contribution in [0.2, 0.25) is 0 Å². The summed E-state index contributed by atoms with van der Waals surface area (Å²) in [5, 5.41) is 9.47. The summed E-state index contributed by atoms with van der Waals surface area (Å²) in [5.74, 6) is 0.505. The summed E-state index contributed by atoms with van der Waals surface area (Å²) in [6.07, 6.45) is 0.708. The number of aryl methyl sites for hydroxylation is 1. The van der Waals surface area contributed by atoms with Gasteiger partial charge < -0.3 is 10.2 Å². The standard InChI is InChI=1S/C13H16BrN5O/c1-4-11-16-12(18-17-11)13(20)15-9-7-8(14)5-6-10(9)19(2)3/h5-7H,4H2,1-3H3,(H,15,20)(H,16,17,18). The van der Waals surface area contributed by atoms with Crippen LogP contribution in [-0.2, 0) is 6.42 Å². The first-order chi connectivity index (χ1) is 9.51. The van der Waals surface area contributed by atoms with Crippen molar-refractivity contribution in [3.05, 3.63) is 34.3 Å². The molecule has 1 aromatic heterocycles. The first-order valence-corrected chi connectivity index (χ1v) is 7.00. The summed E-state index contributed by atoms with van der Waals surface area (Å²) in [6.45, 7) is 1.95. The van der Waals surface area contributed by atoms with Crippen LogP contribution in [0.3, 0.4) is 0 Å². The van der Waals surface area contributed by atoms with Crippen LogP contribution in [0.15, 0.2) is 22.7 Å². The number of carbonyl (C=O) groups excluding carboxylic acids is 1. The zero-order valence-corrected chi connectivity index (χ0v) is 13.2. The van der Waals surface area contributed by atoms with E-state index in [-0.39, 0.29) is 11.7 Å². The molecular formula is C13H16BrN5O. The van der Waals surface area contributed by atoms with Gasteiger partial charge in [-0.3, -0.25) is 9.89 Å². The molecule has 0 atom stereocenters. The van der Waals surface area contributed by atoms with Crippen molar-refractivity contribution in [2.75, 3.05) is 24.3 Å². The maximum absolute atomic E-state index is 12.1. The van der Waals surface area contributed by atoms with Crippen LogP contribution in [-0.4, -0.2) is 35.2 Å². The highest BCUT2D eigenvalue weighted by molar-refractivity contribution is 9.10. The van der Waals surface area contributed by atoms with E-state index < -0.39 is 0 Å². The lowest BCUT2D eigenvalue weighted by atomic mass is 10.2. The van der Waals surface area contributed by atoms with Crippen molar-refractivity contribution in [2.45, 2.75) is 13.3 Å². The van der Waals surface area contributed by atoms with Crippen LogP contribution < -0.4 is 10.2 Å². The molecule has 0 radical (unpaired) electrons. The molecule has 0 fully saturated rings. The van der Waals surface area contributed by atoms with Gasteiger partial charge in [0, 0.05) is 25.0 Å². The number of aromatic nitrogens is 3. The van der Waals surface area contributed by atoms with E-state index in [1.165, 1.54) is 0 Å². The minimum Gasteiger partial charge on any atom is -0.376 e. The highest BCUT2D eigenvalue weighted by atomic mass is 79.9. The van der Waals surface area contributed by atoms with Gasteiger partial charge in [-0.2, -0.15) is 0 Å². The molecule has 106 valence electrons. The Bertz CT molecular complexity index is 623. The molecule has 7 heteroatoms. The lowest BCUT2D eigenvalue weighted by Gasteiger charge is -2.17. The van der Waals surface area contributed by atoms with Gasteiger partial charge in [0.2, 0.25) is 5.82 Å². The quantitative estimate of drug-likeness (QED) is 0.898. The van der Waals surface area contributed by atoms with Gasteiger partial charge in [0.15, 0.2) is 0 Å². The fourth-order valence-corrected chi connectivity index (χ4v) is 2.09. The van der Waals surface area contributed by atoms with Crippen molar-refractivity contribution in [3.63, 3.8) is 0 Å².